The molecule has 4 unspecified atom stereocenters. The molecule has 0 aliphatic carbocycles. The average Bonchev–Trinajstić information content (AvgIpc) is 3.52. The molecule has 4 rings (SSSR count). The van der Waals surface area contributed by atoms with Crippen LogP contribution in [0.4, 0.5) is 0 Å². The zero-order valence-electron chi connectivity index (χ0n) is 18.0. The Labute approximate surface area is 178 Å². The summed E-state index contributed by atoms with van der Waals surface area (Å²) in [4.78, 5) is 0. The second-order valence-corrected chi connectivity index (χ2v) is 8.70. The van der Waals surface area contributed by atoms with Crippen molar-refractivity contribution in [3.63, 3.8) is 0 Å². The van der Waals surface area contributed by atoms with Crippen LogP contribution >= 0.6 is 0 Å². The molecule has 4 atom stereocenters. The summed E-state index contributed by atoms with van der Waals surface area (Å²) in [7, 11) is 0. The third-order valence-electron chi connectivity index (χ3n) is 5.62. The Kier molecular flexibility index (Phi) is 7.81. The van der Waals surface area contributed by atoms with Gasteiger partial charge in [0.1, 0.15) is 22.7 Å². The lowest BCUT2D eigenvalue weighted by molar-refractivity contribution is 0.00664. The standard InChI is InChI=1S/2C11H18O4/c2*1-2-3-10(12)11(13,4-8-6-14-8)5-9-7-15-9/h2*3,8-9,12-13H,2,4-7H2,1H3. The molecule has 0 aromatic heterocycles. The molecule has 0 bridgehead atoms. The van der Waals surface area contributed by atoms with Crippen LogP contribution in [0.5, 0.6) is 0 Å². The van der Waals surface area contributed by atoms with Gasteiger partial charge in [-0.05, 0) is 25.0 Å². The van der Waals surface area contributed by atoms with Gasteiger partial charge >= 0.3 is 0 Å². The highest BCUT2D eigenvalue weighted by Gasteiger charge is 2.45. The molecule has 0 radical (unpaired) electrons. The number of epoxide rings is 4. The van der Waals surface area contributed by atoms with E-state index in [1.165, 1.54) is 0 Å². The molecule has 172 valence electrons. The SMILES string of the molecule is CCC=C(O)C(O)(CC1CO1)CC1CO1.CCC=C(O)C(O)(CC1CO1)CC1CO1. The van der Waals surface area contributed by atoms with Crippen LogP contribution in [0.15, 0.2) is 23.7 Å². The molecular weight excluding hydrogens is 392 g/mol. The Morgan fingerprint density at radius 1 is 0.667 bits per heavy atom. The molecule has 0 saturated carbocycles. The molecule has 0 spiro atoms. The van der Waals surface area contributed by atoms with Crippen molar-refractivity contribution in [2.45, 2.75) is 88.0 Å². The largest absolute Gasteiger partial charge is 0.510 e. The number of hydrogen-bond acceptors (Lipinski definition) is 8. The second-order valence-electron chi connectivity index (χ2n) is 8.70. The highest BCUT2D eigenvalue weighted by Crippen LogP contribution is 2.36. The Morgan fingerprint density at radius 3 is 1.07 bits per heavy atom. The van der Waals surface area contributed by atoms with E-state index in [0.717, 1.165) is 0 Å². The fourth-order valence-electron chi connectivity index (χ4n) is 3.60. The first-order valence-corrected chi connectivity index (χ1v) is 11.0. The van der Waals surface area contributed by atoms with Crippen molar-refractivity contribution < 1.29 is 39.4 Å². The van der Waals surface area contributed by atoms with Gasteiger partial charge in [0.15, 0.2) is 0 Å². The van der Waals surface area contributed by atoms with Crippen molar-refractivity contribution in [3.8, 4) is 0 Å². The van der Waals surface area contributed by atoms with Crippen LogP contribution in [0.2, 0.25) is 0 Å². The van der Waals surface area contributed by atoms with Crippen molar-refractivity contribution >= 4 is 0 Å². The number of rotatable bonds is 12. The summed E-state index contributed by atoms with van der Waals surface area (Å²) >= 11 is 0. The summed E-state index contributed by atoms with van der Waals surface area (Å²) in [5.41, 5.74) is -2.31. The van der Waals surface area contributed by atoms with E-state index < -0.39 is 11.2 Å². The van der Waals surface area contributed by atoms with Crippen molar-refractivity contribution in [2.75, 3.05) is 26.4 Å². The van der Waals surface area contributed by atoms with E-state index in [2.05, 4.69) is 0 Å². The Hall–Kier alpha value is -1.16. The normalized spacial score (nSPS) is 33.6. The van der Waals surface area contributed by atoms with E-state index in [0.29, 0.717) is 65.0 Å². The van der Waals surface area contributed by atoms with Gasteiger partial charge < -0.3 is 39.4 Å². The molecule has 0 aromatic carbocycles. The molecule has 4 N–H and O–H groups in total. The number of aliphatic hydroxyl groups excluding tert-OH is 2. The van der Waals surface area contributed by atoms with Gasteiger partial charge in [0.25, 0.3) is 0 Å². The quantitative estimate of drug-likeness (QED) is 0.275. The lowest BCUT2D eigenvalue weighted by atomic mass is 9.89. The van der Waals surface area contributed by atoms with E-state index in [4.69, 9.17) is 18.9 Å². The zero-order chi connectivity index (χ0) is 21.8. The van der Waals surface area contributed by atoms with Crippen molar-refractivity contribution in [1.29, 1.82) is 0 Å². The second kappa shape index (κ2) is 9.97. The molecule has 0 amide bonds. The highest BCUT2D eigenvalue weighted by atomic mass is 16.6. The maximum absolute atomic E-state index is 10.4. The number of ether oxygens (including phenoxy) is 4. The minimum Gasteiger partial charge on any atom is -0.510 e. The topological polar surface area (TPSA) is 131 Å². The fraction of sp³-hybridized carbons (Fsp3) is 0.818. The lowest BCUT2D eigenvalue weighted by Gasteiger charge is -2.26. The minimum absolute atomic E-state index is 0.0657. The van der Waals surface area contributed by atoms with Crippen LogP contribution in [-0.2, 0) is 18.9 Å². The maximum atomic E-state index is 10.4. The first kappa shape index (κ1) is 23.5. The van der Waals surface area contributed by atoms with E-state index in [-0.39, 0.29) is 35.9 Å². The summed E-state index contributed by atoms with van der Waals surface area (Å²) in [5, 5.41) is 40.3. The van der Waals surface area contributed by atoms with Gasteiger partial charge in [0.2, 0.25) is 0 Å². The number of hydrogen-bond donors (Lipinski definition) is 4. The molecule has 0 aromatic rings. The van der Waals surface area contributed by atoms with Crippen LogP contribution in [0.1, 0.15) is 52.4 Å². The van der Waals surface area contributed by atoms with E-state index in [1.807, 2.05) is 13.8 Å². The average molecular weight is 429 g/mol. The van der Waals surface area contributed by atoms with E-state index >= 15 is 0 Å². The summed E-state index contributed by atoms with van der Waals surface area (Å²) in [5.74, 6) is 0.131. The van der Waals surface area contributed by atoms with Crippen LogP contribution in [0, 0.1) is 0 Å². The van der Waals surface area contributed by atoms with E-state index in [1.54, 1.807) is 12.2 Å². The van der Waals surface area contributed by atoms with Gasteiger partial charge in [-0.25, -0.2) is 0 Å². The molecule has 4 aliphatic heterocycles. The van der Waals surface area contributed by atoms with Crippen LogP contribution in [-0.4, -0.2) is 82.5 Å². The Bertz CT molecular complexity index is 533. The van der Waals surface area contributed by atoms with Crippen molar-refractivity contribution in [1.82, 2.24) is 0 Å². The first-order chi connectivity index (χ1) is 14.3. The number of aliphatic hydroxyl groups is 4. The summed E-state index contributed by atoms with van der Waals surface area (Å²) in [6.45, 7) is 6.61. The molecule has 8 heteroatoms. The molecule has 4 fully saturated rings. The van der Waals surface area contributed by atoms with Crippen LogP contribution in [0.3, 0.4) is 0 Å². The Balaban J connectivity index is 0.000000171. The van der Waals surface area contributed by atoms with Crippen molar-refractivity contribution in [2.24, 2.45) is 0 Å². The van der Waals surface area contributed by atoms with Gasteiger partial charge in [-0.3, -0.25) is 0 Å². The Morgan fingerprint density at radius 2 is 0.900 bits per heavy atom. The molecule has 8 nitrogen and oxygen atoms in total. The summed E-state index contributed by atoms with van der Waals surface area (Å²) < 4.78 is 20.4. The smallest absolute Gasteiger partial charge is 0.126 e. The van der Waals surface area contributed by atoms with Crippen LogP contribution in [0.25, 0.3) is 0 Å². The molecule has 4 heterocycles. The predicted molar refractivity (Wildman–Crippen MR) is 109 cm³/mol. The van der Waals surface area contributed by atoms with Gasteiger partial charge in [0, 0.05) is 25.7 Å². The van der Waals surface area contributed by atoms with Gasteiger partial charge in [0.05, 0.1) is 50.8 Å². The fourth-order valence-corrected chi connectivity index (χ4v) is 3.60. The van der Waals surface area contributed by atoms with Crippen molar-refractivity contribution in [3.05, 3.63) is 23.7 Å². The third kappa shape index (κ3) is 7.51. The maximum Gasteiger partial charge on any atom is 0.126 e. The van der Waals surface area contributed by atoms with E-state index in [9.17, 15) is 20.4 Å². The zero-order valence-corrected chi connectivity index (χ0v) is 18.0. The van der Waals surface area contributed by atoms with Gasteiger partial charge in [-0.2, -0.15) is 0 Å². The first-order valence-electron chi connectivity index (χ1n) is 11.0. The molecule has 4 aliphatic rings. The summed E-state index contributed by atoms with van der Waals surface area (Å²) in [6, 6.07) is 0. The van der Waals surface area contributed by atoms with Crippen LogP contribution < -0.4 is 0 Å². The highest BCUT2D eigenvalue weighted by molar-refractivity contribution is 5.12. The summed E-state index contributed by atoms with van der Waals surface area (Å²) in [6.07, 6.45) is 7.00. The number of allylic oxidation sites excluding steroid dienone is 2. The molecule has 30 heavy (non-hydrogen) atoms. The lowest BCUT2D eigenvalue weighted by Crippen LogP contribution is -2.35. The third-order valence-corrected chi connectivity index (χ3v) is 5.62. The predicted octanol–water partition coefficient (Wildman–Crippen LogP) is 2.29. The van der Waals surface area contributed by atoms with Gasteiger partial charge in [-0.1, -0.05) is 13.8 Å². The minimum atomic E-state index is -1.15. The monoisotopic (exact) mass is 428 g/mol. The molecule has 4 saturated heterocycles. The molecular formula is C22H36O8. The van der Waals surface area contributed by atoms with Gasteiger partial charge in [-0.15, -0.1) is 0 Å².